The predicted molar refractivity (Wildman–Crippen MR) is 150 cm³/mol. The molecule has 4 aromatic rings. The van der Waals surface area contributed by atoms with Crippen molar-refractivity contribution in [2.24, 2.45) is 12.8 Å². The fourth-order valence-corrected chi connectivity index (χ4v) is 4.30. The predicted octanol–water partition coefficient (Wildman–Crippen LogP) is 5.85. The quantitative estimate of drug-likeness (QED) is 0.195. The number of imidazole rings is 1. The van der Waals surface area contributed by atoms with E-state index in [9.17, 15) is 13.2 Å². The second-order valence-corrected chi connectivity index (χ2v) is 9.62. The van der Waals surface area contributed by atoms with Crippen molar-refractivity contribution in [2.45, 2.75) is 38.5 Å². The fraction of sp³-hybridized carbons (Fsp3) is 0.267. The van der Waals surface area contributed by atoms with Crippen LogP contribution in [0.1, 0.15) is 48.2 Å². The van der Waals surface area contributed by atoms with Crippen LogP contribution in [0.15, 0.2) is 66.9 Å². The van der Waals surface area contributed by atoms with Crippen LogP contribution in [-0.4, -0.2) is 36.6 Å². The van der Waals surface area contributed by atoms with Crippen LogP contribution < -0.4 is 15.2 Å². The van der Waals surface area contributed by atoms with E-state index < -0.39 is 11.9 Å². The molecule has 0 radical (unpaired) electrons. The Hall–Kier alpha value is -4.96. The van der Waals surface area contributed by atoms with Gasteiger partial charge in [-0.2, -0.15) is 18.2 Å². The highest BCUT2D eigenvalue weighted by atomic mass is 19.4. The third kappa shape index (κ3) is 6.18. The number of rotatable bonds is 9. The highest BCUT2D eigenvalue weighted by molar-refractivity contribution is 5.71. The lowest BCUT2D eigenvalue weighted by molar-refractivity contribution is -0.140. The number of ether oxygens (including phenoxy) is 2. The van der Waals surface area contributed by atoms with Crippen LogP contribution >= 0.6 is 0 Å². The molecule has 0 bridgehead atoms. The zero-order valence-corrected chi connectivity index (χ0v) is 23.2. The van der Waals surface area contributed by atoms with Gasteiger partial charge in [0.05, 0.1) is 18.4 Å². The number of alkyl halides is 3. The third-order valence-corrected chi connectivity index (χ3v) is 6.57. The molecule has 12 heteroatoms. The molecule has 0 unspecified atom stereocenters. The average molecular weight is 576 g/mol. The first-order chi connectivity index (χ1) is 20.2. The Bertz CT molecular complexity index is 1680. The molecule has 216 valence electrons. The molecular weight excluding hydrogens is 547 g/mol. The summed E-state index contributed by atoms with van der Waals surface area (Å²) in [7, 11) is 3.05. The molecule has 1 aliphatic rings. The minimum absolute atomic E-state index is 0.105. The second kappa shape index (κ2) is 11.9. The van der Waals surface area contributed by atoms with Gasteiger partial charge >= 0.3 is 6.18 Å². The van der Waals surface area contributed by atoms with Crippen molar-refractivity contribution >= 4 is 5.70 Å². The van der Waals surface area contributed by atoms with E-state index in [1.807, 2.05) is 6.92 Å². The van der Waals surface area contributed by atoms with Crippen molar-refractivity contribution < 1.29 is 22.6 Å². The summed E-state index contributed by atoms with van der Waals surface area (Å²) in [6.07, 6.45) is 6.60. The fourth-order valence-electron chi connectivity index (χ4n) is 4.30. The van der Waals surface area contributed by atoms with Gasteiger partial charge in [-0.15, -0.1) is 5.73 Å². The molecule has 3 aromatic heterocycles. The number of aromatic nitrogens is 6. The van der Waals surface area contributed by atoms with E-state index in [0.29, 0.717) is 34.1 Å². The maximum Gasteiger partial charge on any atom is 0.434 e. The minimum Gasteiger partial charge on any atom is -0.480 e. The molecule has 1 fully saturated rings. The van der Waals surface area contributed by atoms with Gasteiger partial charge < -0.3 is 19.8 Å². The number of hydrogen-bond acceptors (Lipinski definition) is 8. The first-order valence-electron chi connectivity index (χ1n) is 13.1. The highest BCUT2D eigenvalue weighted by Gasteiger charge is 2.34. The Labute approximate surface area is 240 Å². The second-order valence-electron chi connectivity index (χ2n) is 9.62. The molecule has 0 saturated heterocycles. The molecule has 0 aliphatic heterocycles. The summed E-state index contributed by atoms with van der Waals surface area (Å²) in [4.78, 5) is 21.8. The first-order valence-corrected chi connectivity index (χ1v) is 13.1. The van der Waals surface area contributed by atoms with Crippen molar-refractivity contribution in [3.63, 3.8) is 0 Å². The zero-order valence-electron chi connectivity index (χ0n) is 23.2. The number of halogens is 3. The van der Waals surface area contributed by atoms with Crippen molar-refractivity contribution in [1.82, 2.24) is 29.5 Å². The topological polar surface area (TPSA) is 114 Å². The summed E-state index contributed by atoms with van der Waals surface area (Å²) in [5.41, 5.74) is 11.9. The van der Waals surface area contributed by atoms with Gasteiger partial charge in [-0.1, -0.05) is 24.3 Å². The van der Waals surface area contributed by atoms with Gasteiger partial charge in [-0.25, -0.2) is 19.9 Å². The summed E-state index contributed by atoms with van der Waals surface area (Å²) < 4.78 is 52.3. The average Bonchev–Trinajstić information content (AvgIpc) is 3.75. The van der Waals surface area contributed by atoms with Crippen LogP contribution in [-0.2, 0) is 19.8 Å². The Balaban J connectivity index is 1.46. The van der Waals surface area contributed by atoms with Gasteiger partial charge in [0, 0.05) is 36.6 Å². The van der Waals surface area contributed by atoms with E-state index in [1.165, 1.54) is 25.1 Å². The molecule has 2 N–H and O–H groups in total. The van der Waals surface area contributed by atoms with Gasteiger partial charge in [-0.05, 0) is 43.6 Å². The molecule has 3 heterocycles. The summed E-state index contributed by atoms with van der Waals surface area (Å²) in [6, 6.07) is 6.90. The van der Waals surface area contributed by atoms with Crippen molar-refractivity contribution in [3.8, 4) is 34.5 Å². The Morgan fingerprint density at radius 1 is 1.12 bits per heavy atom. The lowest BCUT2D eigenvalue weighted by atomic mass is 10.1. The summed E-state index contributed by atoms with van der Waals surface area (Å²) in [6.45, 7) is 1.95. The largest absolute Gasteiger partial charge is 0.480 e. The number of benzene rings is 1. The van der Waals surface area contributed by atoms with Crippen LogP contribution in [0.5, 0.6) is 11.8 Å². The van der Waals surface area contributed by atoms with E-state index >= 15 is 0 Å². The third-order valence-electron chi connectivity index (χ3n) is 6.57. The molecule has 5 rings (SSSR count). The van der Waals surface area contributed by atoms with Gasteiger partial charge in [0.1, 0.15) is 24.3 Å². The van der Waals surface area contributed by atoms with E-state index in [0.717, 1.165) is 30.3 Å². The van der Waals surface area contributed by atoms with E-state index in [-0.39, 0.29) is 24.2 Å². The van der Waals surface area contributed by atoms with Crippen LogP contribution in [0, 0.1) is 0 Å². The standard InChI is InChI=1S/C30H28F3N7O2/c1-4-5-6-7-22(34)21-14-35-26(24-25(19-12-13-19)36-17-37-29(24)41-3)39-28(21)42-16-18-8-10-20(11-9-18)27-38-23(15-40(27)2)30(31,32)33/h4,6-11,14-15,17,19H,12-13,16,34H2,1-3H3/b22-7-. The molecule has 42 heavy (non-hydrogen) atoms. The van der Waals surface area contributed by atoms with Crippen LogP contribution in [0.2, 0.25) is 0 Å². The lowest BCUT2D eigenvalue weighted by Crippen LogP contribution is -2.08. The monoisotopic (exact) mass is 575 g/mol. The molecule has 9 nitrogen and oxygen atoms in total. The van der Waals surface area contributed by atoms with Gasteiger partial charge in [-0.3, -0.25) is 0 Å². The summed E-state index contributed by atoms with van der Waals surface area (Å²) in [5, 5.41) is 0. The number of aryl methyl sites for hydroxylation is 1. The number of hydrogen-bond donors (Lipinski definition) is 1. The summed E-state index contributed by atoms with van der Waals surface area (Å²) in [5.74, 6) is 1.43. The van der Waals surface area contributed by atoms with Crippen LogP contribution in [0.25, 0.3) is 28.5 Å². The molecule has 1 saturated carbocycles. The van der Waals surface area contributed by atoms with E-state index in [1.54, 1.807) is 48.7 Å². The lowest BCUT2D eigenvalue weighted by Gasteiger charge is -2.14. The minimum atomic E-state index is -4.52. The summed E-state index contributed by atoms with van der Waals surface area (Å²) >= 11 is 0. The maximum atomic E-state index is 13.1. The Morgan fingerprint density at radius 3 is 2.52 bits per heavy atom. The molecule has 1 aliphatic carbocycles. The van der Waals surface area contributed by atoms with E-state index in [4.69, 9.17) is 20.2 Å². The van der Waals surface area contributed by atoms with Crippen molar-refractivity contribution in [2.75, 3.05) is 7.11 Å². The highest BCUT2D eigenvalue weighted by Crippen LogP contribution is 2.45. The van der Waals surface area contributed by atoms with Crippen LogP contribution in [0.4, 0.5) is 13.2 Å². The van der Waals surface area contributed by atoms with Crippen molar-refractivity contribution in [1.29, 1.82) is 0 Å². The molecular formula is C30H28F3N7O2. The van der Waals surface area contributed by atoms with Gasteiger partial charge in [0.2, 0.25) is 11.8 Å². The molecule has 0 spiro atoms. The van der Waals surface area contributed by atoms with E-state index in [2.05, 4.69) is 25.7 Å². The SMILES string of the molecule is CC=C=C/C=C(\N)c1cnc(-c2c(OC)ncnc2C2CC2)nc1OCc1ccc(-c2nc(C(F)(F)F)cn2C)cc1. The number of allylic oxidation sites excluding steroid dienone is 2. The van der Waals surface area contributed by atoms with Gasteiger partial charge in [0.15, 0.2) is 11.5 Å². The molecule has 0 atom stereocenters. The first kappa shape index (κ1) is 28.6. The number of nitrogens with two attached hydrogens (primary N) is 1. The zero-order chi connectivity index (χ0) is 29.9. The smallest absolute Gasteiger partial charge is 0.434 e. The van der Waals surface area contributed by atoms with Crippen LogP contribution in [0.3, 0.4) is 0 Å². The number of methoxy groups -OCH3 is 1. The Kier molecular flexibility index (Phi) is 8.08. The molecule has 0 amide bonds. The van der Waals surface area contributed by atoms with Crippen molar-refractivity contribution in [3.05, 3.63) is 89.5 Å². The Morgan fingerprint density at radius 2 is 1.88 bits per heavy atom. The molecule has 1 aromatic carbocycles. The maximum absolute atomic E-state index is 13.1. The normalized spacial score (nSPS) is 13.4. The number of nitrogens with zero attached hydrogens (tertiary/aromatic N) is 6. The van der Waals surface area contributed by atoms with Gasteiger partial charge in [0.25, 0.3) is 0 Å².